The smallest absolute Gasteiger partial charge is 0.336 e. The third kappa shape index (κ3) is 2.06. The summed E-state index contributed by atoms with van der Waals surface area (Å²) in [4.78, 5) is 10.9. The molecule has 0 aromatic heterocycles. The number of carboxylic acid groups (broad SMARTS) is 1. The molecule has 0 amide bonds. The van der Waals surface area contributed by atoms with Crippen LogP contribution in [0.2, 0.25) is 0 Å². The van der Waals surface area contributed by atoms with Gasteiger partial charge in [0.15, 0.2) is 0 Å². The Kier molecular flexibility index (Phi) is 3.26. The number of carbonyl (C=O) groups is 1. The predicted octanol–water partition coefficient (Wildman–Crippen LogP) is 0.724. The highest BCUT2D eigenvalue weighted by Gasteiger charge is 2.15. The van der Waals surface area contributed by atoms with E-state index in [2.05, 4.69) is 0 Å². The first-order valence-electron chi connectivity index (χ1n) is 4.18. The summed E-state index contributed by atoms with van der Waals surface area (Å²) < 4.78 is 4.89. The van der Waals surface area contributed by atoms with Crippen LogP contribution in [0, 0.1) is 11.3 Å². The van der Waals surface area contributed by atoms with Crippen LogP contribution in [0.15, 0.2) is 12.1 Å². The van der Waals surface area contributed by atoms with Gasteiger partial charge in [-0.1, -0.05) is 0 Å². The molecule has 0 unspecified atom stereocenters. The number of aromatic carboxylic acids is 1. The van der Waals surface area contributed by atoms with Gasteiger partial charge in [0.25, 0.3) is 0 Å². The Bertz CT molecular complexity index is 435. The first kappa shape index (κ1) is 11.0. The normalized spacial score (nSPS) is 9.40. The Balaban J connectivity index is 3.48. The van der Waals surface area contributed by atoms with Crippen molar-refractivity contribution in [3.8, 4) is 11.8 Å². The van der Waals surface area contributed by atoms with Gasteiger partial charge in [0.05, 0.1) is 24.3 Å². The van der Waals surface area contributed by atoms with E-state index in [1.54, 1.807) is 0 Å². The lowest BCUT2D eigenvalue weighted by Crippen LogP contribution is -2.09. The molecular formula is C10H10N2O3. The minimum absolute atomic E-state index is 0.00778. The molecule has 3 N–H and O–H groups in total. The lowest BCUT2D eigenvalue weighted by Gasteiger charge is -2.08. The summed E-state index contributed by atoms with van der Waals surface area (Å²) in [5.74, 6) is -0.785. The van der Waals surface area contributed by atoms with Crippen molar-refractivity contribution in [2.45, 2.75) is 6.54 Å². The molecule has 0 fully saturated rings. The monoisotopic (exact) mass is 206 g/mol. The van der Waals surface area contributed by atoms with Crippen molar-refractivity contribution < 1.29 is 14.6 Å². The van der Waals surface area contributed by atoms with Gasteiger partial charge >= 0.3 is 5.97 Å². The van der Waals surface area contributed by atoms with Gasteiger partial charge in [-0.25, -0.2) is 4.79 Å². The second-order valence-corrected chi connectivity index (χ2v) is 2.82. The minimum Gasteiger partial charge on any atom is -0.497 e. The van der Waals surface area contributed by atoms with Crippen LogP contribution < -0.4 is 10.5 Å². The Morgan fingerprint density at radius 2 is 2.33 bits per heavy atom. The average Bonchev–Trinajstić information content (AvgIpc) is 2.26. The minimum atomic E-state index is -1.12. The van der Waals surface area contributed by atoms with Crippen molar-refractivity contribution in [1.29, 1.82) is 5.26 Å². The molecule has 1 aromatic carbocycles. The fourth-order valence-electron chi connectivity index (χ4n) is 1.27. The van der Waals surface area contributed by atoms with E-state index in [1.165, 1.54) is 19.2 Å². The number of nitrogens with two attached hydrogens (primary N) is 1. The summed E-state index contributed by atoms with van der Waals surface area (Å²) in [5.41, 5.74) is 5.96. The topological polar surface area (TPSA) is 96.3 Å². The Hall–Kier alpha value is -2.06. The number of hydrogen-bond donors (Lipinski definition) is 2. The maximum atomic E-state index is 10.9. The Labute approximate surface area is 86.7 Å². The first-order chi connectivity index (χ1) is 7.13. The van der Waals surface area contributed by atoms with Crippen molar-refractivity contribution in [3.05, 3.63) is 28.8 Å². The molecular weight excluding hydrogens is 196 g/mol. The zero-order chi connectivity index (χ0) is 11.4. The third-order valence-corrected chi connectivity index (χ3v) is 2.01. The zero-order valence-corrected chi connectivity index (χ0v) is 8.15. The van der Waals surface area contributed by atoms with Crippen LogP contribution in [0.25, 0.3) is 0 Å². The van der Waals surface area contributed by atoms with E-state index in [0.29, 0.717) is 11.3 Å². The van der Waals surface area contributed by atoms with Crippen LogP contribution in [-0.2, 0) is 6.54 Å². The molecule has 1 rings (SSSR count). The second kappa shape index (κ2) is 4.44. The summed E-state index contributed by atoms with van der Waals surface area (Å²) in [6.07, 6.45) is 0. The summed E-state index contributed by atoms with van der Waals surface area (Å²) in [6.45, 7) is 0.00845. The van der Waals surface area contributed by atoms with E-state index in [-0.39, 0.29) is 17.7 Å². The highest BCUT2D eigenvalue weighted by molar-refractivity contribution is 5.90. The van der Waals surface area contributed by atoms with Crippen LogP contribution in [0.5, 0.6) is 5.75 Å². The number of rotatable bonds is 3. The van der Waals surface area contributed by atoms with Gasteiger partial charge in [-0.05, 0) is 17.7 Å². The van der Waals surface area contributed by atoms with Crippen molar-refractivity contribution in [3.63, 3.8) is 0 Å². The quantitative estimate of drug-likeness (QED) is 0.759. The molecule has 78 valence electrons. The lowest BCUT2D eigenvalue weighted by atomic mass is 10.0. The molecule has 0 saturated heterocycles. The molecule has 0 aliphatic rings. The SMILES string of the molecule is COc1cc(C#N)c(CN)c(C(=O)O)c1. The molecule has 5 nitrogen and oxygen atoms in total. The van der Waals surface area contributed by atoms with E-state index in [1.807, 2.05) is 6.07 Å². The number of nitrogens with zero attached hydrogens (tertiary/aromatic N) is 1. The molecule has 0 atom stereocenters. The Morgan fingerprint density at radius 3 is 2.73 bits per heavy atom. The van der Waals surface area contributed by atoms with Gasteiger partial charge in [-0.15, -0.1) is 0 Å². The van der Waals surface area contributed by atoms with Gasteiger partial charge in [0.2, 0.25) is 0 Å². The average molecular weight is 206 g/mol. The largest absolute Gasteiger partial charge is 0.497 e. The predicted molar refractivity (Wildman–Crippen MR) is 52.6 cm³/mol. The molecule has 0 heterocycles. The molecule has 0 saturated carbocycles. The standard InChI is InChI=1S/C10H10N2O3/c1-15-7-2-6(4-11)9(5-12)8(3-7)10(13)14/h2-3H,5,12H2,1H3,(H,13,14). The van der Waals surface area contributed by atoms with Gasteiger partial charge in [0, 0.05) is 6.54 Å². The number of carboxylic acids is 1. The number of benzene rings is 1. The molecule has 5 heteroatoms. The highest BCUT2D eigenvalue weighted by atomic mass is 16.5. The van der Waals surface area contributed by atoms with E-state index in [9.17, 15) is 4.79 Å². The van der Waals surface area contributed by atoms with Crippen LogP contribution in [0.1, 0.15) is 21.5 Å². The lowest BCUT2D eigenvalue weighted by molar-refractivity contribution is 0.0695. The number of methoxy groups -OCH3 is 1. The maximum Gasteiger partial charge on any atom is 0.336 e. The molecule has 1 aromatic rings. The van der Waals surface area contributed by atoms with Crippen LogP contribution >= 0.6 is 0 Å². The summed E-state index contributed by atoms with van der Waals surface area (Å²) >= 11 is 0. The van der Waals surface area contributed by atoms with Gasteiger partial charge in [0.1, 0.15) is 5.75 Å². The third-order valence-electron chi connectivity index (χ3n) is 2.01. The molecule has 15 heavy (non-hydrogen) atoms. The van der Waals surface area contributed by atoms with E-state index < -0.39 is 5.97 Å². The van der Waals surface area contributed by atoms with Gasteiger partial charge in [-0.3, -0.25) is 0 Å². The second-order valence-electron chi connectivity index (χ2n) is 2.82. The van der Waals surface area contributed by atoms with Crippen molar-refractivity contribution in [2.24, 2.45) is 5.73 Å². The highest BCUT2D eigenvalue weighted by Crippen LogP contribution is 2.22. The molecule has 0 bridgehead atoms. The summed E-state index contributed by atoms with van der Waals surface area (Å²) in [7, 11) is 1.41. The van der Waals surface area contributed by atoms with Crippen LogP contribution in [0.3, 0.4) is 0 Å². The number of nitriles is 1. The van der Waals surface area contributed by atoms with Crippen molar-refractivity contribution in [2.75, 3.05) is 7.11 Å². The zero-order valence-electron chi connectivity index (χ0n) is 8.15. The molecule has 0 radical (unpaired) electrons. The molecule has 0 aliphatic heterocycles. The first-order valence-corrected chi connectivity index (χ1v) is 4.18. The molecule has 0 aliphatic carbocycles. The number of hydrogen-bond acceptors (Lipinski definition) is 4. The maximum absolute atomic E-state index is 10.9. The summed E-state index contributed by atoms with van der Waals surface area (Å²) in [6, 6.07) is 4.71. The fraction of sp³-hybridized carbons (Fsp3) is 0.200. The van der Waals surface area contributed by atoms with E-state index in [4.69, 9.17) is 20.8 Å². The van der Waals surface area contributed by atoms with E-state index in [0.717, 1.165) is 0 Å². The van der Waals surface area contributed by atoms with Crippen LogP contribution in [-0.4, -0.2) is 18.2 Å². The van der Waals surface area contributed by atoms with Gasteiger partial charge in [-0.2, -0.15) is 5.26 Å². The van der Waals surface area contributed by atoms with Gasteiger partial charge < -0.3 is 15.6 Å². The fourth-order valence-corrected chi connectivity index (χ4v) is 1.27. The summed E-state index contributed by atoms with van der Waals surface area (Å²) in [5, 5.41) is 17.7. The molecule has 0 spiro atoms. The van der Waals surface area contributed by atoms with Crippen molar-refractivity contribution >= 4 is 5.97 Å². The van der Waals surface area contributed by atoms with E-state index >= 15 is 0 Å². The van der Waals surface area contributed by atoms with Crippen molar-refractivity contribution in [1.82, 2.24) is 0 Å². The Morgan fingerprint density at radius 1 is 1.67 bits per heavy atom. The number of ether oxygens (including phenoxy) is 1. The van der Waals surface area contributed by atoms with Crippen LogP contribution in [0.4, 0.5) is 0 Å².